The van der Waals surface area contributed by atoms with Gasteiger partial charge in [0, 0.05) is 33.1 Å². The van der Waals surface area contributed by atoms with E-state index in [-0.39, 0.29) is 11.6 Å². The Morgan fingerprint density at radius 2 is 2.05 bits per heavy atom. The lowest BCUT2D eigenvalue weighted by Crippen LogP contribution is -2.48. The summed E-state index contributed by atoms with van der Waals surface area (Å²) in [4.78, 5) is 30.5. The standard InChI is InChI=1S/C12H17N3O4/c1-3-18-11(17)10-8-19-12(13-10)15-6-4-14(5-7-15)9(2)16/h8H,3-7H2,1-2H3. The average molecular weight is 267 g/mol. The van der Waals surface area contributed by atoms with Crippen LogP contribution in [0.5, 0.6) is 0 Å². The fourth-order valence-electron chi connectivity index (χ4n) is 1.92. The molecule has 1 fully saturated rings. The molecule has 1 aromatic rings. The number of carbonyl (C=O) groups is 2. The summed E-state index contributed by atoms with van der Waals surface area (Å²) in [5.41, 5.74) is 0.172. The Hall–Kier alpha value is -2.05. The Kier molecular flexibility index (Phi) is 4.03. The van der Waals surface area contributed by atoms with Crippen molar-refractivity contribution in [1.29, 1.82) is 0 Å². The van der Waals surface area contributed by atoms with Crippen LogP contribution in [-0.4, -0.2) is 54.5 Å². The second-order valence-corrected chi connectivity index (χ2v) is 4.23. The summed E-state index contributed by atoms with van der Waals surface area (Å²) >= 11 is 0. The first-order valence-corrected chi connectivity index (χ1v) is 6.25. The molecular formula is C12H17N3O4. The molecule has 0 aliphatic carbocycles. The van der Waals surface area contributed by atoms with Crippen LogP contribution in [0, 0.1) is 0 Å². The molecule has 2 rings (SSSR count). The Morgan fingerprint density at radius 1 is 1.37 bits per heavy atom. The fraction of sp³-hybridized carbons (Fsp3) is 0.583. The number of esters is 1. The van der Waals surface area contributed by atoms with Crippen molar-refractivity contribution in [2.75, 3.05) is 37.7 Å². The van der Waals surface area contributed by atoms with E-state index in [1.165, 1.54) is 6.26 Å². The lowest BCUT2D eigenvalue weighted by atomic mass is 10.3. The first-order chi connectivity index (χ1) is 9.11. The smallest absolute Gasteiger partial charge is 0.360 e. The Morgan fingerprint density at radius 3 is 2.63 bits per heavy atom. The van der Waals surface area contributed by atoms with Crippen LogP contribution in [0.25, 0.3) is 0 Å². The predicted octanol–water partition coefficient (Wildman–Crippen LogP) is 0.520. The first kappa shape index (κ1) is 13.4. The maximum atomic E-state index is 11.5. The lowest BCUT2D eigenvalue weighted by Gasteiger charge is -2.33. The van der Waals surface area contributed by atoms with Crippen LogP contribution >= 0.6 is 0 Å². The molecule has 7 heteroatoms. The van der Waals surface area contributed by atoms with E-state index in [1.807, 2.05) is 4.90 Å². The zero-order chi connectivity index (χ0) is 13.8. The highest BCUT2D eigenvalue weighted by atomic mass is 16.5. The third-order valence-electron chi connectivity index (χ3n) is 2.97. The SMILES string of the molecule is CCOC(=O)c1coc(N2CCN(C(C)=O)CC2)n1. The van der Waals surface area contributed by atoms with Gasteiger partial charge in [0.1, 0.15) is 6.26 Å². The minimum absolute atomic E-state index is 0.0688. The van der Waals surface area contributed by atoms with Crippen LogP contribution in [-0.2, 0) is 9.53 Å². The molecule has 1 saturated heterocycles. The van der Waals surface area contributed by atoms with Gasteiger partial charge in [-0.3, -0.25) is 4.79 Å². The van der Waals surface area contributed by atoms with Crippen LogP contribution < -0.4 is 4.90 Å². The quantitative estimate of drug-likeness (QED) is 0.743. The second-order valence-electron chi connectivity index (χ2n) is 4.23. The van der Waals surface area contributed by atoms with Gasteiger partial charge in [-0.15, -0.1) is 0 Å². The van der Waals surface area contributed by atoms with Gasteiger partial charge < -0.3 is 19.0 Å². The van der Waals surface area contributed by atoms with Crippen molar-refractivity contribution in [3.05, 3.63) is 12.0 Å². The lowest BCUT2D eigenvalue weighted by molar-refractivity contribution is -0.129. The molecule has 0 saturated carbocycles. The topological polar surface area (TPSA) is 75.9 Å². The van der Waals surface area contributed by atoms with Crippen LogP contribution in [0.3, 0.4) is 0 Å². The van der Waals surface area contributed by atoms with Gasteiger partial charge in [0.2, 0.25) is 5.91 Å². The van der Waals surface area contributed by atoms with E-state index in [4.69, 9.17) is 9.15 Å². The van der Waals surface area contributed by atoms with Crippen molar-refractivity contribution >= 4 is 17.9 Å². The molecular weight excluding hydrogens is 250 g/mol. The van der Waals surface area contributed by atoms with Crippen molar-refractivity contribution in [2.45, 2.75) is 13.8 Å². The maximum absolute atomic E-state index is 11.5. The summed E-state index contributed by atoms with van der Waals surface area (Å²) in [6.45, 7) is 6.14. The number of nitrogens with zero attached hydrogens (tertiary/aromatic N) is 3. The normalized spacial score (nSPS) is 15.5. The molecule has 0 spiro atoms. The largest absolute Gasteiger partial charge is 0.461 e. The summed E-state index contributed by atoms with van der Waals surface area (Å²) in [7, 11) is 0. The van der Waals surface area contributed by atoms with E-state index in [1.54, 1.807) is 18.7 Å². The number of oxazole rings is 1. The van der Waals surface area contributed by atoms with Gasteiger partial charge in [-0.2, -0.15) is 4.98 Å². The van der Waals surface area contributed by atoms with E-state index >= 15 is 0 Å². The van der Waals surface area contributed by atoms with Gasteiger partial charge in [0.15, 0.2) is 5.69 Å². The van der Waals surface area contributed by atoms with Gasteiger partial charge in [-0.1, -0.05) is 0 Å². The summed E-state index contributed by atoms with van der Waals surface area (Å²) in [5.74, 6) is -0.417. The van der Waals surface area contributed by atoms with Crippen LogP contribution in [0.15, 0.2) is 10.7 Å². The van der Waals surface area contributed by atoms with Gasteiger partial charge >= 0.3 is 5.97 Å². The number of hydrogen-bond donors (Lipinski definition) is 0. The van der Waals surface area contributed by atoms with Gasteiger partial charge in [0.25, 0.3) is 6.01 Å². The average Bonchev–Trinajstić information content (AvgIpc) is 2.89. The van der Waals surface area contributed by atoms with E-state index < -0.39 is 5.97 Å². The molecule has 0 bridgehead atoms. The van der Waals surface area contributed by atoms with Gasteiger partial charge in [0.05, 0.1) is 6.61 Å². The van der Waals surface area contributed by atoms with Crippen LogP contribution in [0.4, 0.5) is 6.01 Å². The van der Waals surface area contributed by atoms with Crippen LogP contribution in [0.1, 0.15) is 24.3 Å². The fourth-order valence-corrected chi connectivity index (χ4v) is 1.92. The number of piperazine rings is 1. The number of ether oxygens (including phenoxy) is 1. The zero-order valence-corrected chi connectivity index (χ0v) is 11.1. The summed E-state index contributed by atoms with van der Waals surface area (Å²) in [6.07, 6.45) is 1.30. The zero-order valence-electron chi connectivity index (χ0n) is 11.1. The predicted molar refractivity (Wildman–Crippen MR) is 66.9 cm³/mol. The third-order valence-corrected chi connectivity index (χ3v) is 2.97. The molecule has 7 nitrogen and oxygen atoms in total. The Balaban J connectivity index is 1.97. The Bertz CT molecular complexity index is 463. The van der Waals surface area contributed by atoms with Crippen molar-refractivity contribution in [3.8, 4) is 0 Å². The number of amides is 1. The molecule has 1 amide bonds. The molecule has 1 aliphatic heterocycles. The van der Waals surface area contributed by atoms with E-state index in [0.717, 1.165) is 0 Å². The molecule has 19 heavy (non-hydrogen) atoms. The molecule has 0 atom stereocenters. The first-order valence-electron chi connectivity index (χ1n) is 6.25. The highest BCUT2D eigenvalue weighted by Crippen LogP contribution is 2.16. The van der Waals surface area contributed by atoms with E-state index in [9.17, 15) is 9.59 Å². The van der Waals surface area contributed by atoms with Gasteiger partial charge in [-0.05, 0) is 6.92 Å². The monoisotopic (exact) mass is 267 g/mol. The van der Waals surface area contributed by atoms with Crippen LogP contribution in [0.2, 0.25) is 0 Å². The summed E-state index contributed by atoms with van der Waals surface area (Å²) in [6, 6.07) is 0.395. The van der Waals surface area contributed by atoms with E-state index in [0.29, 0.717) is 38.8 Å². The molecule has 2 heterocycles. The highest BCUT2D eigenvalue weighted by Gasteiger charge is 2.23. The highest BCUT2D eigenvalue weighted by molar-refractivity contribution is 5.87. The van der Waals surface area contributed by atoms with Crippen molar-refractivity contribution < 1.29 is 18.7 Å². The minimum Gasteiger partial charge on any atom is -0.461 e. The molecule has 1 aliphatic rings. The molecule has 0 N–H and O–H groups in total. The number of anilines is 1. The minimum atomic E-state index is -0.486. The Labute approximate surface area is 111 Å². The molecule has 0 aromatic carbocycles. The molecule has 0 unspecified atom stereocenters. The molecule has 104 valence electrons. The van der Waals surface area contributed by atoms with Crippen molar-refractivity contribution in [3.63, 3.8) is 0 Å². The third kappa shape index (κ3) is 3.04. The second kappa shape index (κ2) is 5.73. The number of rotatable bonds is 3. The van der Waals surface area contributed by atoms with Crippen molar-refractivity contribution in [2.24, 2.45) is 0 Å². The van der Waals surface area contributed by atoms with E-state index in [2.05, 4.69) is 4.98 Å². The number of hydrogen-bond acceptors (Lipinski definition) is 6. The summed E-state index contributed by atoms with van der Waals surface area (Å²) < 4.78 is 10.1. The van der Waals surface area contributed by atoms with Gasteiger partial charge in [-0.25, -0.2) is 4.79 Å². The molecule has 0 radical (unpaired) electrons. The summed E-state index contributed by atoms with van der Waals surface area (Å²) in [5, 5.41) is 0. The maximum Gasteiger partial charge on any atom is 0.360 e. The number of carbonyl (C=O) groups excluding carboxylic acids is 2. The molecule has 1 aromatic heterocycles. The van der Waals surface area contributed by atoms with Crippen molar-refractivity contribution in [1.82, 2.24) is 9.88 Å². The number of aromatic nitrogens is 1.